The molecule has 3 heterocycles. The molecule has 108 valence electrons. The Kier molecular flexibility index (Phi) is 3.13. The van der Waals surface area contributed by atoms with E-state index in [2.05, 4.69) is 15.0 Å². The summed E-state index contributed by atoms with van der Waals surface area (Å²) in [5.74, 6) is 0.174. The van der Waals surface area contributed by atoms with Crippen molar-refractivity contribution in [3.05, 3.63) is 6.33 Å². The molecule has 0 aromatic carbocycles. The van der Waals surface area contributed by atoms with Gasteiger partial charge in [-0.3, -0.25) is 4.57 Å². The molecule has 6 N–H and O–H groups in total. The van der Waals surface area contributed by atoms with Crippen molar-refractivity contribution in [1.82, 2.24) is 19.5 Å². The van der Waals surface area contributed by atoms with Crippen molar-refractivity contribution in [2.75, 3.05) is 17.3 Å². The summed E-state index contributed by atoms with van der Waals surface area (Å²) in [7, 11) is 0. The first-order chi connectivity index (χ1) is 9.52. The Hall–Kier alpha value is -1.68. The Morgan fingerprint density at radius 3 is 2.70 bits per heavy atom. The molecule has 2 aromatic heterocycles. The number of fused-ring (bicyclic) bond motifs is 1. The fourth-order valence-corrected chi connectivity index (χ4v) is 2.48. The summed E-state index contributed by atoms with van der Waals surface area (Å²) >= 11 is 5.68. The lowest BCUT2D eigenvalue weighted by Crippen LogP contribution is -2.32. The number of aliphatic hydroxyl groups is 2. The van der Waals surface area contributed by atoms with Gasteiger partial charge in [-0.1, -0.05) is 0 Å². The number of aromatic nitrogens is 4. The average molecular weight is 301 g/mol. The topological polar surface area (TPSA) is 145 Å². The largest absolute Gasteiger partial charge is 0.387 e. The van der Waals surface area contributed by atoms with Gasteiger partial charge in [-0.15, -0.1) is 11.6 Å². The van der Waals surface area contributed by atoms with E-state index in [4.69, 9.17) is 27.8 Å². The second-order valence-corrected chi connectivity index (χ2v) is 4.80. The maximum Gasteiger partial charge on any atom is 0.224 e. The summed E-state index contributed by atoms with van der Waals surface area (Å²) < 4.78 is 6.96. The molecule has 20 heavy (non-hydrogen) atoms. The maximum atomic E-state index is 10.0. The zero-order valence-corrected chi connectivity index (χ0v) is 11.0. The van der Waals surface area contributed by atoms with E-state index in [1.807, 2.05) is 0 Å². The first-order valence-electron chi connectivity index (χ1n) is 5.86. The summed E-state index contributed by atoms with van der Waals surface area (Å²) in [6, 6.07) is 0. The van der Waals surface area contributed by atoms with Crippen LogP contribution in [0.1, 0.15) is 6.23 Å². The van der Waals surface area contributed by atoms with Crippen LogP contribution in [0.15, 0.2) is 6.33 Å². The van der Waals surface area contributed by atoms with Crippen LogP contribution in [0.25, 0.3) is 11.2 Å². The van der Waals surface area contributed by atoms with Gasteiger partial charge in [0.1, 0.15) is 23.8 Å². The van der Waals surface area contributed by atoms with Crippen molar-refractivity contribution in [1.29, 1.82) is 0 Å². The summed E-state index contributed by atoms with van der Waals surface area (Å²) in [6.45, 7) is 0. The number of nitrogen functional groups attached to an aromatic ring is 2. The Balaban J connectivity index is 2.07. The predicted molar refractivity (Wildman–Crippen MR) is 70.8 cm³/mol. The monoisotopic (exact) mass is 300 g/mol. The molecular formula is C10H13ClN6O3. The minimum Gasteiger partial charge on any atom is -0.387 e. The van der Waals surface area contributed by atoms with Crippen LogP contribution in [0.2, 0.25) is 0 Å². The quantitative estimate of drug-likeness (QED) is 0.509. The molecule has 2 aromatic rings. The van der Waals surface area contributed by atoms with Crippen LogP contribution in [0.4, 0.5) is 11.8 Å². The van der Waals surface area contributed by atoms with Crippen molar-refractivity contribution in [3.8, 4) is 0 Å². The number of hydrogen-bond acceptors (Lipinski definition) is 8. The summed E-state index contributed by atoms with van der Waals surface area (Å²) in [5, 5.41) is 19.9. The van der Waals surface area contributed by atoms with Crippen LogP contribution in [-0.2, 0) is 4.74 Å². The van der Waals surface area contributed by atoms with Gasteiger partial charge in [0.15, 0.2) is 17.7 Å². The standard InChI is InChI=1S/C10H13ClN6O3/c11-1-3-5(18)6(19)9(20-3)17-2-14-4-7(12)15-10(13)16-8(4)17/h2-3,5-6,9,18-19H,1H2,(H4,12,13,15,16)/t3-,5-,6-,9-/m1/s1. The minimum absolute atomic E-state index is 0.0151. The zero-order valence-electron chi connectivity index (χ0n) is 10.2. The van der Waals surface area contributed by atoms with E-state index < -0.39 is 24.5 Å². The van der Waals surface area contributed by atoms with E-state index in [0.29, 0.717) is 11.2 Å². The molecule has 1 fully saturated rings. The van der Waals surface area contributed by atoms with E-state index in [1.165, 1.54) is 10.9 Å². The molecule has 0 aliphatic carbocycles. The number of nitrogens with two attached hydrogens (primary N) is 2. The van der Waals surface area contributed by atoms with Crippen molar-refractivity contribution >= 4 is 34.5 Å². The molecule has 1 aliphatic heterocycles. The maximum absolute atomic E-state index is 10.0. The number of alkyl halides is 1. The Labute approximate surface area is 118 Å². The molecule has 3 rings (SSSR count). The fourth-order valence-electron chi connectivity index (χ4n) is 2.23. The third-order valence-corrected chi connectivity index (χ3v) is 3.53. The lowest BCUT2D eigenvalue weighted by atomic mass is 10.1. The molecule has 10 heteroatoms. The van der Waals surface area contributed by atoms with Crippen LogP contribution in [-0.4, -0.2) is 53.9 Å². The van der Waals surface area contributed by atoms with Crippen molar-refractivity contribution in [2.24, 2.45) is 0 Å². The number of rotatable bonds is 2. The van der Waals surface area contributed by atoms with Gasteiger partial charge in [-0.2, -0.15) is 9.97 Å². The van der Waals surface area contributed by atoms with E-state index in [0.717, 1.165) is 0 Å². The van der Waals surface area contributed by atoms with Crippen LogP contribution in [0, 0.1) is 0 Å². The van der Waals surface area contributed by atoms with Crippen LogP contribution in [0.3, 0.4) is 0 Å². The lowest BCUT2D eigenvalue weighted by molar-refractivity contribution is -0.0291. The Morgan fingerprint density at radius 1 is 1.30 bits per heavy atom. The molecule has 0 spiro atoms. The molecule has 1 aliphatic rings. The van der Waals surface area contributed by atoms with Crippen molar-refractivity contribution in [2.45, 2.75) is 24.5 Å². The SMILES string of the molecule is Nc1nc(N)c2ncn([C@@H]3O[C@H](CCl)[C@@H](O)[C@H]3O)c2n1. The molecule has 9 nitrogen and oxygen atoms in total. The molecular weight excluding hydrogens is 288 g/mol. The normalized spacial score (nSPS) is 30.1. The van der Waals surface area contributed by atoms with Gasteiger partial charge in [-0.25, -0.2) is 4.98 Å². The lowest BCUT2D eigenvalue weighted by Gasteiger charge is -2.16. The van der Waals surface area contributed by atoms with E-state index >= 15 is 0 Å². The minimum atomic E-state index is -1.16. The highest BCUT2D eigenvalue weighted by Gasteiger charge is 2.43. The van der Waals surface area contributed by atoms with E-state index in [9.17, 15) is 10.2 Å². The number of aliphatic hydroxyl groups excluding tert-OH is 2. The van der Waals surface area contributed by atoms with Crippen LogP contribution >= 0.6 is 11.6 Å². The summed E-state index contributed by atoms with van der Waals surface area (Å²) in [5.41, 5.74) is 11.9. The smallest absolute Gasteiger partial charge is 0.224 e. The molecule has 4 atom stereocenters. The molecule has 0 bridgehead atoms. The second-order valence-electron chi connectivity index (χ2n) is 4.49. The number of hydrogen-bond donors (Lipinski definition) is 4. The summed E-state index contributed by atoms with van der Waals surface area (Å²) in [6.07, 6.45) is -2.40. The van der Waals surface area contributed by atoms with Gasteiger partial charge in [0.25, 0.3) is 0 Å². The van der Waals surface area contributed by atoms with E-state index in [-0.39, 0.29) is 17.6 Å². The van der Waals surface area contributed by atoms with Crippen LogP contribution in [0.5, 0.6) is 0 Å². The van der Waals surface area contributed by atoms with Gasteiger partial charge >= 0.3 is 0 Å². The third kappa shape index (κ3) is 1.86. The summed E-state index contributed by atoms with van der Waals surface area (Å²) in [4.78, 5) is 11.9. The van der Waals surface area contributed by atoms with Gasteiger partial charge in [0.2, 0.25) is 5.95 Å². The highest BCUT2D eigenvalue weighted by Crippen LogP contribution is 2.32. The first kappa shape index (κ1) is 13.3. The zero-order chi connectivity index (χ0) is 14.4. The average Bonchev–Trinajstić information content (AvgIpc) is 2.93. The number of anilines is 2. The molecule has 0 unspecified atom stereocenters. The molecule has 1 saturated heterocycles. The van der Waals surface area contributed by atoms with Crippen molar-refractivity contribution < 1.29 is 14.9 Å². The molecule has 0 amide bonds. The number of nitrogens with zero attached hydrogens (tertiary/aromatic N) is 4. The van der Waals surface area contributed by atoms with Gasteiger partial charge < -0.3 is 26.4 Å². The third-order valence-electron chi connectivity index (χ3n) is 3.23. The second kappa shape index (κ2) is 4.70. The predicted octanol–water partition coefficient (Wildman–Crippen LogP) is -1.15. The van der Waals surface area contributed by atoms with Gasteiger partial charge in [0.05, 0.1) is 12.2 Å². The Bertz CT molecular complexity index is 649. The fraction of sp³-hybridized carbons (Fsp3) is 0.500. The van der Waals surface area contributed by atoms with Gasteiger partial charge in [-0.05, 0) is 0 Å². The number of imidazole rings is 1. The van der Waals surface area contributed by atoms with Gasteiger partial charge in [0, 0.05) is 0 Å². The molecule has 0 saturated carbocycles. The highest BCUT2D eigenvalue weighted by molar-refractivity contribution is 6.18. The highest BCUT2D eigenvalue weighted by atomic mass is 35.5. The Morgan fingerprint density at radius 2 is 2.05 bits per heavy atom. The van der Waals surface area contributed by atoms with Crippen molar-refractivity contribution in [3.63, 3.8) is 0 Å². The van der Waals surface area contributed by atoms with Crippen LogP contribution < -0.4 is 11.5 Å². The number of halogens is 1. The first-order valence-corrected chi connectivity index (χ1v) is 6.39. The number of ether oxygens (including phenoxy) is 1. The van der Waals surface area contributed by atoms with E-state index in [1.54, 1.807) is 0 Å². The molecule has 0 radical (unpaired) electrons.